The highest BCUT2D eigenvalue weighted by Crippen LogP contribution is 1.90. The molecular formula is C10H21NO3. The third-order valence-electron chi connectivity index (χ3n) is 1.73. The first-order chi connectivity index (χ1) is 6.36. The van der Waals surface area contributed by atoms with Crippen LogP contribution in [0.4, 0.5) is 0 Å². The summed E-state index contributed by atoms with van der Waals surface area (Å²) in [7, 11) is 3.71. The molecule has 14 heavy (non-hydrogen) atoms. The fraction of sp³-hybridized carbons (Fsp3) is 0.700. The van der Waals surface area contributed by atoms with Gasteiger partial charge in [0, 0.05) is 5.57 Å². The van der Waals surface area contributed by atoms with E-state index in [0.717, 1.165) is 6.42 Å². The number of nitrogens with zero attached hydrogens (tertiary/aromatic N) is 1. The van der Waals surface area contributed by atoms with Gasteiger partial charge in [-0.1, -0.05) is 13.0 Å². The van der Waals surface area contributed by atoms with Gasteiger partial charge in [0.25, 0.3) is 0 Å². The molecule has 1 unspecified atom stereocenters. The molecule has 4 nitrogen and oxygen atoms in total. The highest BCUT2D eigenvalue weighted by molar-refractivity contribution is 5.85. The molecule has 2 N–H and O–H groups in total. The minimum Gasteiger partial charge on any atom is -0.478 e. The predicted molar refractivity (Wildman–Crippen MR) is 57.1 cm³/mol. The summed E-state index contributed by atoms with van der Waals surface area (Å²) in [5.41, 5.74) is 0.389. The summed E-state index contributed by atoms with van der Waals surface area (Å²) >= 11 is 0. The van der Waals surface area contributed by atoms with Gasteiger partial charge in [-0.05, 0) is 34.4 Å². The van der Waals surface area contributed by atoms with Crippen LogP contribution < -0.4 is 0 Å². The lowest BCUT2D eigenvalue weighted by atomic mass is 10.3. The van der Waals surface area contributed by atoms with Crippen molar-refractivity contribution in [2.75, 3.05) is 14.1 Å². The van der Waals surface area contributed by atoms with E-state index in [4.69, 9.17) is 10.2 Å². The Labute approximate surface area is 85.8 Å². The van der Waals surface area contributed by atoms with Crippen LogP contribution in [0, 0.1) is 0 Å². The molecule has 0 amide bonds. The zero-order chi connectivity index (χ0) is 11.7. The quantitative estimate of drug-likeness (QED) is 0.536. The third kappa shape index (κ3) is 9.22. The third-order valence-corrected chi connectivity index (χ3v) is 1.73. The molecule has 0 radical (unpaired) electrons. The van der Waals surface area contributed by atoms with Crippen molar-refractivity contribution in [2.24, 2.45) is 0 Å². The molecule has 0 heterocycles. The Kier molecular flexibility index (Phi) is 9.71. The van der Waals surface area contributed by atoms with Gasteiger partial charge < -0.3 is 10.2 Å². The first-order valence-electron chi connectivity index (χ1n) is 4.57. The predicted octanol–water partition coefficient (Wildman–Crippen LogP) is 1.31. The average molecular weight is 203 g/mol. The number of aliphatic hydroxyl groups is 1. The lowest BCUT2D eigenvalue weighted by Gasteiger charge is -2.15. The number of carboxylic acid groups (broad SMARTS) is 1. The second kappa shape index (κ2) is 8.72. The Morgan fingerprint density at radius 3 is 1.93 bits per heavy atom. The van der Waals surface area contributed by atoms with Crippen LogP contribution in [0.2, 0.25) is 0 Å². The van der Waals surface area contributed by atoms with Gasteiger partial charge in [-0.25, -0.2) is 4.79 Å². The number of carbonyl (C=O) groups is 1. The Morgan fingerprint density at radius 2 is 1.93 bits per heavy atom. The molecule has 0 fully saturated rings. The summed E-state index contributed by atoms with van der Waals surface area (Å²) in [6.45, 7) is 5.20. The minimum absolute atomic E-state index is 0.264. The van der Waals surface area contributed by atoms with Crippen molar-refractivity contribution in [2.45, 2.75) is 33.4 Å². The van der Waals surface area contributed by atoms with Crippen molar-refractivity contribution < 1.29 is 15.0 Å². The normalized spacial score (nSPS) is 13.2. The fourth-order valence-corrected chi connectivity index (χ4v) is 0.489. The number of hydrogen-bond donors (Lipinski definition) is 2. The van der Waals surface area contributed by atoms with E-state index in [2.05, 4.69) is 0 Å². The SMILES string of the molecule is CC=C(C)C(=O)O.CCC(O)N(C)C. The molecule has 0 aromatic rings. The van der Waals surface area contributed by atoms with E-state index in [1.54, 1.807) is 24.8 Å². The van der Waals surface area contributed by atoms with Gasteiger partial charge in [0.2, 0.25) is 0 Å². The Balaban J connectivity index is 0. The van der Waals surface area contributed by atoms with E-state index in [-0.39, 0.29) is 6.23 Å². The van der Waals surface area contributed by atoms with E-state index >= 15 is 0 Å². The second-order valence-electron chi connectivity index (χ2n) is 3.13. The van der Waals surface area contributed by atoms with Gasteiger partial charge in [-0.15, -0.1) is 0 Å². The standard InChI is InChI=1S/C5H13NO.C5H8O2/c1-4-5(7)6(2)3;1-3-4(2)5(6)7/h5,7H,4H2,1-3H3;3H,1-2H3,(H,6,7). The van der Waals surface area contributed by atoms with E-state index in [9.17, 15) is 4.79 Å². The van der Waals surface area contributed by atoms with Crippen molar-refractivity contribution in [1.82, 2.24) is 4.90 Å². The smallest absolute Gasteiger partial charge is 0.330 e. The largest absolute Gasteiger partial charge is 0.478 e. The van der Waals surface area contributed by atoms with E-state index < -0.39 is 5.97 Å². The van der Waals surface area contributed by atoms with Gasteiger partial charge in [0.1, 0.15) is 6.23 Å². The van der Waals surface area contributed by atoms with Crippen LogP contribution in [-0.2, 0) is 4.79 Å². The molecule has 0 aromatic carbocycles. The lowest BCUT2D eigenvalue weighted by molar-refractivity contribution is -0.132. The second-order valence-corrected chi connectivity index (χ2v) is 3.13. The molecule has 0 saturated carbocycles. The van der Waals surface area contributed by atoms with Crippen molar-refractivity contribution in [3.8, 4) is 0 Å². The number of aliphatic hydroxyl groups excluding tert-OH is 1. The van der Waals surface area contributed by atoms with Gasteiger partial charge in [-0.3, -0.25) is 4.90 Å². The van der Waals surface area contributed by atoms with Gasteiger partial charge >= 0.3 is 5.97 Å². The van der Waals surface area contributed by atoms with Crippen LogP contribution in [0.5, 0.6) is 0 Å². The van der Waals surface area contributed by atoms with Crippen LogP contribution >= 0.6 is 0 Å². The van der Waals surface area contributed by atoms with Crippen molar-refractivity contribution in [3.63, 3.8) is 0 Å². The van der Waals surface area contributed by atoms with Crippen LogP contribution in [-0.4, -0.2) is 41.4 Å². The zero-order valence-electron chi connectivity index (χ0n) is 9.61. The molecule has 84 valence electrons. The number of carboxylic acids is 1. The number of hydrogen-bond acceptors (Lipinski definition) is 3. The Morgan fingerprint density at radius 1 is 1.50 bits per heavy atom. The van der Waals surface area contributed by atoms with Gasteiger partial charge in [-0.2, -0.15) is 0 Å². The molecule has 0 aliphatic carbocycles. The molecule has 0 aromatic heterocycles. The van der Waals surface area contributed by atoms with E-state index in [1.165, 1.54) is 0 Å². The van der Waals surface area contributed by atoms with Crippen LogP contribution in [0.15, 0.2) is 11.6 Å². The monoisotopic (exact) mass is 203 g/mol. The van der Waals surface area contributed by atoms with Gasteiger partial charge in [0.05, 0.1) is 0 Å². The summed E-state index contributed by atoms with van der Waals surface area (Å²) in [6, 6.07) is 0. The molecule has 0 bridgehead atoms. The number of aliphatic carboxylic acids is 1. The van der Waals surface area contributed by atoms with Crippen LogP contribution in [0.25, 0.3) is 0 Å². The summed E-state index contributed by atoms with van der Waals surface area (Å²) in [5.74, 6) is -0.845. The van der Waals surface area contributed by atoms with E-state index in [1.807, 2.05) is 21.0 Å². The average Bonchev–Trinajstić information content (AvgIpc) is 2.15. The first kappa shape index (κ1) is 15.6. The Hall–Kier alpha value is -0.870. The first-order valence-corrected chi connectivity index (χ1v) is 4.57. The van der Waals surface area contributed by atoms with Crippen molar-refractivity contribution >= 4 is 5.97 Å². The Bertz CT molecular complexity index is 188. The molecule has 0 spiro atoms. The molecular weight excluding hydrogens is 182 g/mol. The molecule has 0 rings (SSSR count). The maximum atomic E-state index is 9.86. The molecule has 0 aliphatic rings. The highest BCUT2D eigenvalue weighted by Gasteiger charge is 1.99. The molecule has 1 atom stereocenters. The minimum atomic E-state index is -0.845. The molecule has 4 heteroatoms. The topological polar surface area (TPSA) is 60.8 Å². The number of rotatable bonds is 3. The molecule has 0 saturated heterocycles. The molecule has 0 aliphatic heterocycles. The lowest BCUT2D eigenvalue weighted by Crippen LogP contribution is -2.26. The van der Waals surface area contributed by atoms with Crippen molar-refractivity contribution in [1.29, 1.82) is 0 Å². The highest BCUT2D eigenvalue weighted by atomic mass is 16.4. The van der Waals surface area contributed by atoms with E-state index in [0.29, 0.717) is 5.57 Å². The fourth-order valence-electron chi connectivity index (χ4n) is 0.489. The maximum absolute atomic E-state index is 9.86. The van der Waals surface area contributed by atoms with Crippen LogP contribution in [0.3, 0.4) is 0 Å². The van der Waals surface area contributed by atoms with Gasteiger partial charge in [0.15, 0.2) is 0 Å². The summed E-state index contributed by atoms with van der Waals surface area (Å²) in [6.07, 6.45) is 2.09. The summed E-state index contributed by atoms with van der Waals surface area (Å²) < 4.78 is 0. The maximum Gasteiger partial charge on any atom is 0.330 e. The summed E-state index contributed by atoms with van der Waals surface area (Å²) in [4.78, 5) is 11.6. The van der Waals surface area contributed by atoms with Crippen molar-refractivity contribution in [3.05, 3.63) is 11.6 Å². The zero-order valence-corrected chi connectivity index (χ0v) is 9.61. The summed E-state index contributed by atoms with van der Waals surface area (Å²) in [5, 5.41) is 17.0. The van der Waals surface area contributed by atoms with Crippen LogP contribution in [0.1, 0.15) is 27.2 Å². The number of allylic oxidation sites excluding steroid dienone is 1.